The highest BCUT2D eigenvalue weighted by molar-refractivity contribution is 6.25. The maximum Gasteiger partial charge on any atom is 0.199 e. The van der Waals surface area contributed by atoms with Crippen molar-refractivity contribution in [3.63, 3.8) is 0 Å². The van der Waals surface area contributed by atoms with E-state index in [-0.39, 0.29) is 5.78 Å². The maximum atomic E-state index is 13.1. The van der Waals surface area contributed by atoms with E-state index in [2.05, 4.69) is 0 Å². The zero-order valence-electron chi connectivity index (χ0n) is 17.4. The molecule has 0 aromatic heterocycles. The standard InChI is InChI=1S/C23H27NO5/c1-5-26-16-10-11-17-18(14-16)24-21(23(22(17)25)29-8-4)15-9-12-19(27-6-2)20(13-15)28-7-3/h9-14,23H,5-8H2,1-4H3. The van der Waals surface area contributed by atoms with Crippen LogP contribution in [0, 0.1) is 0 Å². The Labute approximate surface area is 171 Å². The summed E-state index contributed by atoms with van der Waals surface area (Å²) in [6.45, 7) is 9.60. The van der Waals surface area contributed by atoms with Crippen molar-refractivity contribution in [2.75, 3.05) is 26.4 Å². The molecule has 1 atom stereocenters. The third kappa shape index (κ3) is 4.43. The van der Waals surface area contributed by atoms with Crippen LogP contribution in [0.1, 0.15) is 43.6 Å². The van der Waals surface area contributed by atoms with Crippen LogP contribution in [0.5, 0.6) is 17.2 Å². The van der Waals surface area contributed by atoms with E-state index in [0.29, 0.717) is 60.6 Å². The molecule has 0 amide bonds. The van der Waals surface area contributed by atoms with Crippen LogP contribution in [-0.4, -0.2) is 44.0 Å². The monoisotopic (exact) mass is 397 g/mol. The molecule has 0 saturated heterocycles. The number of Topliss-reactive ketones (excluding diaryl/α,β-unsaturated/α-hetero) is 1. The highest BCUT2D eigenvalue weighted by atomic mass is 16.5. The van der Waals surface area contributed by atoms with Gasteiger partial charge in [0.15, 0.2) is 23.4 Å². The Hall–Kier alpha value is -2.86. The number of carbonyl (C=O) groups excluding carboxylic acids is 1. The largest absolute Gasteiger partial charge is 0.494 e. The zero-order valence-corrected chi connectivity index (χ0v) is 17.4. The van der Waals surface area contributed by atoms with Crippen LogP contribution in [0.3, 0.4) is 0 Å². The summed E-state index contributed by atoms with van der Waals surface area (Å²) < 4.78 is 22.7. The summed E-state index contributed by atoms with van der Waals surface area (Å²) in [6.07, 6.45) is -0.766. The quantitative estimate of drug-likeness (QED) is 0.618. The fraction of sp³-hybridized carbons (Fsp3) is 0.391. The molecular formula is C23H27NO5. The second kappa shape index (κ2) is 9.56. The molecule has 0 N–H and O–H groups in total. The Balaban J connectivity index is 2.10. The van der Waals surface area contributed by atoms with Crippen molar-refractivity contribution >= 4 is 17.2 Å². The summed E-state index contributed by atoms with van der Waals surface area (Å²) in [7, 11) is 0. The zero-order chi connectivity index (χ0) is 20.8. The lowest BCUT2D eigenvalue weighted by atomic mass is 9.93. The molecule has 0 aliphatic carbocycles. The van der Waals surface area contributed by atoms with E-state index in [1.165, 1.54) is 0 Å². The minimum Gasteiger partial charge on any atom is -0.494 e. The molecule has 0 fully saturated rings. The lowest BCUT2D eigenvalue weighted by molar-refractivity contribution is 0.0653. The van der Waals surface area contributed by atoms with Crippen LogP contribution in [0.2, 0.25) is 0 Å². The van der Waals surface area contributed by atoms with Gasteiger partial charge in [-0.15, -0.1) is 0 Å². The number of hydrogen-bond donors (Lipinski definition) is 0. The van der Waals surface area contributed by atoms with Gasteiger partial charge in [0.1, 0.15) is 5.75 Å². The first-order valence-corrected chi connectivity index (χ1v) is 10.0. The molecule has 29 heavy (non-hydrogen) atoms. The molecule has 2 aromatic rings. The topological polar surface area (TPSA) is 66.3 Å². The lowest BCUT2D eigenvalue weighted by Crippen LogP contribution is -2.36. The Morgan fingerprint density at radius 1 is 0.828 bits per heavy atom. The average Bonchev–Trinajstić information content (AvgIpc) is 2.72. The highest BCUT2D eigenvalue weighted by Crippen LogP contribution is 2.35. The van der Waals surface area contributed by atoms with Crippen LogP contribution in [-0.2, 0) is 4.74 Å². The molecule has 1 heterocycles. The van der Waals surface area contributed by atoms with Crippen LogP contribution in [0.25, 0.3) is 0 Å². The Bertz CT molecular complexity index is 906. The number of aliphatic imine (C=N–C) groups is 1. The van der Waals surface area contributed by atoms with Gasteiger partial charge in [0, 0.05) is 23.8 Å². The van der Waals surface area contributed by atoms with Gasteiger partial charge in [-0.1, -0.05) is 0 Å². The first-order chi connectivity index (χ1) is 14.1. The number of rotatable bonds is 9. The van der Waals surface area contributed by atoms with Gasteiger partial charge in [0.05, 0.1) is 31.2 Å². The van der Waals surface area contributed by atoms with Crippen LogP contribution in [0.4, 0.5) is 5.69 Å². The molecule has 0 saturated carbocycles. The normalized spacial score (nSPS) is 15.5. The summed E-state index contributed by atoms with van der Waals surface area (Å²) in [6, 6.07) is 10.9. The first-order valence-electron chi connectivity index (χ1n) is 10.0. The summed E-state index contributed by atoms with van der Waals surface area (Å²) in [5.74, 6) is 1.85. The maximum absolute atomic E-state index is 13.1. The molecule has 3 rings (SSSR count). The molecule has 0 bridgehead atoms. The van der Waals surface area contributed by atoms with Crippen molar-refractivity contribution in [3.8, 4) is 17.2 Å². The van der Waals surface area contributed by atoms with E-state index in [9.17, 15) is 4.79 Å². The van der Waals surface area contributed by atoms with Crippen molar-refractivity contribution in [1.29, 1.82) is 0 Å². The molecular weight excluding hydrogens is 370 g/mol. The van der Waals surface area contributed by atoms with E-state index in [1.807, 2.05) is 45.9 Å². The molecule has 6 heteroatoms. The van der Waals surface area contributed by atoms with Crippen molar-refractivity contribution in [2.45, 2.75) is 33.8 Å². The Morgan fingerprint density at radius 3 is 2.24 bits per heavy atom. The number of ketones is 1. The number of hydrogen-bond acceptors (Lipinski definition) is 6. The second-order valence-corrected chi connectivity index (χ2v) is 6.34. The minimum atomic E-state index is -0.766. The van der Waals surface area contributed by atoms with Crippen molar-refractivity contribution in [2.24, 2.45) is 4.99 Å². The fourth-order valence-corrected chi connectivity index (χ4v) is 3.27. The van der Waals surface area contributed by atoms with E-state index in [4.69, 9.17) is 23.9 Å². The van der Waals surface area contributed by atoms with Gasteiger partial charge in [-0.25, -0.2) is 4.99 Å². The second-order valence-electron chi connectivity index (χ2n) is 6.34. The fourth-order valence-electron chi connectivity index (χ4n) is 3.27. The van der Waals surface area contributed by atoms with Crippen LogP contribution in [0.15, 0.2) is 41.4 Å². The van der Waals surface area contributed by atoms with E-state index in [0.717, 1.165) is 5.56 Å². The number of fused-ring (bicyclic) bond motifs is 1. The van der Waals surface area contributed by atoms with Crippen molar-refractivity contribution in [3.05, 3.63) is 47.5 Å². The molecule has 1 aliphatic rings. The SMILES string of the molecule is CCOc1ccc2c(c1)N=C(c1ccc(OCC)c(OCC)c1)C(OCC)C2=O. The molecule has 154 valence electrons. The van der Waals surface area contributed by atoms with Crippen molar-refractivity contribution < 1.29 is 23.7 Å². The van der Waals surface area contributed by atoms with Crippen LogP contribution < -0.4 is 14.2 Å². The summed E-state index contributed by atoms with van der Waals surface area (Å²) in [4.78, 5) is 17.9. The van der Waals surface area contributed by atoms with Crippen molar-refractivity contribution in [1.82, 2.24) is 0 Å². The average molecular weight is 397 g/mol. The summed E-state index contributed by atoms with van der Waals surface area (Å²) in [5.41, 5.74) is 2.43. The first kappa shape index (κ1) is 20.9. The third-order valence-corrected chi connectivity index (χ3v) is 4.45. The number of benzene rings is 2. The predicted octanol–water partition coefficient (Wildman–Crippen LogP) is 4.60. The summed E-state index contributed by atoms with van der Waals surface area (Å²) in [5, 5.41) is 0. The van der Waals surface area contributed by atoms with Gasteiger partial charge in [-0.2, -0.15) is 0 Å². The van der Waals surface area contributed by atoms with E-state index < -0.39 is 6.10 Å². The number of ether oxygens (including phenoxy) is 4. The third-order valence-electron chi connectivity index (χ3n) is 4.45. The van der Waals surface area contributed by atoms with Gasteiger partial charge >= 0.3 is 0 Å². The van der Waals surface area contributed by atoms with Crippen LogP contribution >= 0.6 is 0 Å². The van der Waals surface area contributed by atoms with Gasteiger partial charge in [-0.3, -0.25) is 4.79 Å². The van der Waals surface area contributed by atoms with Gasteiger partial charge in [-0.05, 0) is 58.0 Å². The number of nitrogens with zero attached hydrogens (tertiary/aromatic N) is 1. The molecule has 6 nitrogen and oxygen atoms in total. The molecule has 1 aliphatic heterocycles. The Kier molecular flexibility index (Phi) is 6.88. The van der Waals surface area contributed by atoms with Gasteiger partial charge < -0.3 is 18.9 Å². The Morgan fingerprint density at radius 2 is 1.55 bits per heavy atom. The highest BCUT2D eigenvalue weighted by Gasteiger charge is 2.33. The molecule has 2 aromatic carbocycles. The van der Waals surface area contributed by atoms with Gasteiger partial charge in [0.25, 0.3) is 0 Å². The van der Waals surface area contributed by atoms with E-state index in [1.54, 1.807) is 18.2 Å². The minimum absolute atomic E-state index is 0.109. The smallest absolute Gasteiger partial charge is 0.199 e. The predicted molar refractivity (Wildman–Crippen MR) is 112 cm³/mol. The molecule has 0 radical (unpaired) electrons. The summed E-state index contributed by atoms with van der Waals surface area (Å²) >= 11 is 0. The molecule has 0 spiro atoms. The molecule has 1 unspecified atom stereocenters. The lowest BCUT2D eigenvalue weighted by Gasteiger charge is -2.25. The van der Waals surface area contributed by atoms with Gasteiger partial charge in [0.2, 0.25) is 0 Å². The number of carbonyl (C=O) groups is 1. The van der Waals surface area contributed by atoms with E-state index >= 15 is 0 Å².